The van der Waals surface area contributed by atoms with Gasteiger partial charge >= 0.3 is 0 Å². The summed E-state index contributed by atoms with van der Waals surface area (Å²) >= 11 is 5.79. The predicted octanol–water partition coefficient (Wildman–Crippen LogP) is 5.78. The first-order valence-electron chi connectivity index (χ1n) is 9.57. The molecule has 0 aliphatic carbocycles. The van der Waals surface area contributed by atoms with Crippen LogP contribution in [0.2, 0.25) is 0 Å². The van der Waals surface area contributed by atoms with Crippen molar-refractivity contribution >= 4 is 23.3 Å². The second-order valence-corrected chi connectivity index (χ2v) is 7.36. The first kappa shape index (κ1) is 23.9. The molecule has 0 bridgehead atoms. The molecule has 3 unspecified atom stereocenters. The molecule has 1 N–H and O–H groups in total. The van der Waals surface area contributed by atoms with Crippen LogP contribution in [0.25, 0.3) is 0 Å². The van der Waals surface area contributed by atoms with Crippen LogP contribution in [-0.4, -0.2) is 17.7 Å². The van der Waals surface area contributed by atoms with E-state index in [9.17, 15) is 9.59 Å². The summed E-state index contributed by atoms with van der Waals surface area (Å²) < 4.78 is 0. The van der Waals surface area contributed by atoms with Crippen LogP contribution in [0.4, 0.5) is 0 Å². The average Bonchev–Trinajstić information content (AvgIpc) is 2.57. The third-order valence-corrected chi connectivity index (χ3v) is 4.83. The fraction of sp³-hybridized carbons (Fsp3) is 0.714. The van der Waals surface area contributed by atoms with Crippen molar-refractivity contribution in [2.24, 2.45) is 11.8 Å². The van der Waals surface area contributed by atoms with Gasteiger partial charge in [-0.15, -0.1) is 6.58 Å². The lowest BCUT2D eigenvalue weighted by Crippen LogP contribution is -2.35. The Morgan fingerprint density at radius 2 is 1.80 bits per heavy atom. The number of Topliss-reactive ketones (excluding diaryl/α,β-unsaturated/α-hetero) is 1. The summed E-state index contributed by atoms with van der Waals surface area (Å²) in [6.45, 7) is 11.7. The van der Waals surface area contributed by atoms with Gasteiger partial charge in [-0.25, -0.2) is 0 Å². The normalized spacial score (nSPS) is 15.3. The quantitative estimate of drug-likeness (QED) is 0.394. The molecule has 1 amide bonds. The van der Waals surface area contributed by atoms with Gasteiger partial charge in [0.1, 0.15) is 5.78 Å². The Morgan fingerprint density at radius 3 is 2.36 bits per heavy atom. The van der Waals surface area contributed by atoms with Gasteiger partial charge < -0.3 is 5.32 Å². The summed E-state index contributed by atoms with van der Waals surface area (Å²) in [6, 6.07) is 0.0109. The number of allylic oxidation sites excluding steroid dienone is 2. The summed E-state index contributed by atoms with van der Waals surface area (Å²) in [4.78, 5) is 24.4. The van der Waals surface area contributed by atoms with Gasteiger partial charge in [-0.1, -0.05) is 50.4 Å². The van der Waals surface area contributed by atoms with E-state index in [-0.39, 0.29) is 29.6 Å². The standard InChI is InChI=1S/C21H36ClNO2/c1-6-8-11-16(3)21(25)17(4)14-18(5)23-20(24)13-9-12-19(15-22)10-7-2/h6,15-18H,1,7-14H2,2-5H3,(H,23,24)/b19-15+. The number of rotatable bonds is 14. The van der Waals surface area contributed by atoms with Crippen LogP contribution in [0.15, 0.2) is 23.8 Å². The van der Waals surface area contributed by atoms with E-state index < -0.39 is 0 Å². The molecule has 0 fully saturated rings. The van der Waals surface area contributed by atoms with E-state index in [1.807, 2.05) is 26.8 Å². The maximum atomic E-state index is 12.3. The summed E-state index contributed by atoms with van der Waals surface area (Å²) in [5, 5.41) is 3.01. The third kappa shape index (κ3) is 11.2. The van der Waals surface area contributed by atoms with Crippen LogP contribution < -0.4 is 5.32 Å². The SMILES string of the molecule is C=CCCC(C)C(=O)C(C)CC(C)NC(=O)CCC/C(=C/Cl)CCC. The van der Waals surface area contributed by atoms with Crippen molar-refractivity contribution < 1.29 is 9.59 Å². The van der Waals surface area contributed by atoms with Crippen molar-refractivity contribution in [1.29, 1.82) is 0 Å². The van der Waals surface area contributed by atoms with Crippen LogP contribution in [-0.2, 0) is 9.59 Å². The molecular formula is C21H36ClNO2. The summed E-state index contributed by atoms with van der Waals surface area (Å²) in [7, 11) is 0. The number of nitrogens with one attached hydrogen (secondary N) is 1. The highest BCUT2D eigenvalue weighted by Crippen LogP contribution is 2.18. The van der Waals surface area contributed by atoms with Gasteiger partial charge in [0, 0.05) is 29.8 Å². The van der Waals surface area contributed by atoms with Gasteiger partial charge in [0.05, 0.1) is 0 Å². The molecule has 0 saturated heterocycles. The van der Waals surface area contributed by atoms with Crippen LogP contribution in [0, 0.1) is 11.8 Å². The first-order chi connectivity index (χ1) is 11.8. The van der Waals surface area contributed by atoms with Crippen molar-refractivity contribution in [2.75, 3.05) is 0 Å². The summed E-state index contributed by atoms with van der Waals surface area (Å²) in [5.74, 6) is 0.345. The number of hydrogen-bond donors (Lipinski definition) is 1. The molecule has 0 aromatic heterocycles. The fourth-order valence-electron chi connectivity index (χ4n) is 3.08. The molecule has 0 aromatic rings. The smallest absolute Gasteiger partial charge is 0.220 e. The topological polar surface area (TPSA) is 46.2 Å². The Hall–Kier alpha value is -1.09. The second kappa shape index (κ2) is 14.1. The molecule has 0 rings (SSSR count). The number of amides is 1. The number of hydrogen-bond acceptors (Lipinski definition) is 2. The zero-order chi connectivity index (χ0) is 19.2. The molecule has 144 valence electrons. The highest BCUT2D eigenvalue weighted by Gasteiger charge is 2.21. The Morgan fingerprint density at radius 1 is 1.12 bits per heavy atom. The lowest BCUT2D eigenvalue weighted by Gasteiger charge is -2.20. The van der Waals surface area contributed by atoms with Crippen molar-refractivity contribution in [3.8, 4) is 0 Å². The predicted molar refractivity (Wildman–Crippen MR) is 108 cm³/mol. The Kier molecular flexibility index (Phi) is 13.5. The zero-order valence-electron chi connectivity index (χ0n) is 16.4. The Labute approximate surface area is 159 Å². The van der Waals surface area contributed by atoms with E-state index in [0.717, 1.165) is 38.5 Å². The van der Waals surface area contributed by atoms with Crippen LogP contribution in [0.1, 0.15) is 79.1 Å². The minimum Gasteiger partial charge on any atom is -0.354 e. The molecule has 4 heteroatoms. The number of carbonyl (C=O) groups is 2. The van der Waals surface area contributed by atoms with Gasteiger partial charge in [0.15, 0.2) is 0 Å². The molecule has 0 spiro atoms. The van der Waals surface area contributed by atoms with Gasteiger partial charge in [-0.05, 0) is 45.4 Å². The van der Waals surface area contributed by atoms with Gasteiger partial charge in [0.2, 0.25) is 5.91 Å². The van der Waals surface area contributed by atoms with Gasteiger partial charge in [-0.2, -0.15) is 0 Å². The Bertz CT molecular complexity index is 445. The highest BCUT2D eigenvalue weighted by molar-refractivity contribution is 6.25. The van der Waals surface area contributed by atoms with E-state index >= 15 is 0 Å². The summed E-state index contributed by atoms with van der Waals surface area (Å²) in [6.07, 6.45) is 8.49. The number of halogens is 1. The molecule has 0 heterocycles. The minimum absolute atomic E-state index is 0.0109. The second-order valence-electron chi connectivity index (χ2n) is 7.15. The lowest BCUT2D eigenvalue weighted by molar-refractivity contribution is -0.127. The maximum absolute atomic E-state index is 12.3. The average molecular weight is 370 g/mol. The zero-order valence-corrected chi connectivity index (χ0v) is 17.2. The van der Waals surface area contributed by atoms with Crippen LogP contribution >= 0.6 is 11.6 Å². The molecule has 0 radical (unpaired) electrons. The molecule has 25 heavy (non-hydrogen) atoms. The molecular weight excluding hydrogens is 334 g/mol. The van der Waals surface area contributed by atoms with Gasteiger partial charge in [0.25, 0.3) is 0 Å². The molecule has 0 aliphatic rings. The summed E-state index contributed by atoms with van der Waals surface area (Å²) in [5.41, 5.74) is 2.85. The van der Waals surface area contributed by atoms with E-state index in [4.69, 9.17) is 11.6 Å². The molecule has 0 aliphatic heterocycles. The minimum atomic E-state index is -0.0366. The lowest BCUT2D eigenvalue weighted by atomic mass is 9.88. The van der Waals surface area contributed by atoms with Crippen molar-refractivity contribution in [1.82, 2.24) is 5.32 Å². The highest BCUT2D eigenvalue weighted by atomic mass is 35.5. The van der Waals surface area contributed by atoms with E-state index in [0.29, 0.717) is 12.8 Å². The first-order valence-corrected chi connectivity index (χ1v) is 10.0. The van der Waals surface area contributed by atoms with Crippen LogP contribution in [0.3, 0.4) is 0 Å². The largest absolute Gasteiger partial charge is 0.354 e. The monoisotopic (exact) mass is 369 g/mol. The van der Waals surface area contributed by atoms with Crippen molar-refractivity contribution in [3.05, 3.63) is 23.8 Å². The van der Waals surface area contributed by atoms with Crippen LogP contribution in [0.5, 0.6) is 0 Å². The molecule has 0 saturated carbocycles. The van der Waals surface area contributed by atoms with Gasteiger partial charge in [-0.3, -0.25) is 9.59 Å². The molecule has 3 atom stereocenters. The third-order valence-electron chi connectivity index (χ3n) is 4.52. The molecule has 3 nitrogen and oxygen atoms in total. The molecule has 0 aromatic carbocycles. The van der Waals surface area contributed by atoms with Crippen molar-refractivity contribution in [3.63, 3.8) is 0 Å². The maximum Gasteiger partial charge on any atom is 0.220 e. The Balaban J connectivity index is 4.14. The number of carbonyl (C=O) groups excluding carboxylic acids is 2. The van der Waals surface area contributed by atoms with E-state index in [1.165, 1.54) is 5.57 Å². The van der Waals surface area contributed by atoms with Crippen molar-refractivity contribution in [2.45, 2.75) is 85.1 Å². The fourth-order valence-corrected chi connectivity index (χ4v) is 3.30. The van der Waals surface area contributed by atoms with E-state index in [1.54, 1.807) is 5.54 Å². The van der Waals surface area contributed by atoms with E-state index in [2.05, 4.69) is 18.8 Å². The number of ketones is 1.